The van der Waals surface area contributed by atoms with Gasteiger partial charge in [0.25, 0.3) is 0 Å². The van der Waals surface area contributed by atoms with Crippen LogP contribution in [0.3, 0.4) is 0 Å². The summed E-state index contributed by atoms with van der Waals surface area (Å²) < 4.78 is 6.70. The van der Waals surface area contributed by atoms with Gasteiger partial charge in [0.1, 0.15) is 0 Å². The predicted octanol–water partition coefficient (Wildman–Crippen LogP) is -4.58. The second kappa shape index (κ2) is 23.3. The van der Waals surface area contributed by atoms with E-state index in [-0.39, 0.29) is 146 Å². The summed E-state index contributed by atoms with van der Waals surface area (Å²) in [5.74, 6) is -8.17. The van der Waals surface area contributed by atoms with Crippen molar-refractivity contribution in [3.63, 3.8) is 0 Å². The van der Waals surface area contributed by atoms with Crippen molar-refractivity contribution >= 4 is 89.1 Å². The van der Waals surface area contributed by atoms with Gasteiger partial charge < -0.3 is 30.6 Å². The summed E-state index contributed by atoms with van der Waals surface area (Å²) in [5.41, 5.74) is 0. The summed E-state index contributed by atoms with van der Waals surface area (Å²) in [6.07, 6.45) is -2.02. The van der Waals surface area contributed by atoms with Crippen molar-refractivity contribution in [2.45, 2.75) is 0 Å². The second-order valence-electron chi connectivity index (χ2n) is 1.64. The molecule has 0 heterocycles. The average molecular weight is 615 g/mol. The number of carboxylic acids is 2. The van der Waals surface area contributed by atoms with Crippen molar-refractivity contribution in [2.75, 3.05) is 0 Å². The van der Waals surface area contributed by atoms with E-state index in [0.717, 1.165) is 0 Å². The molecule has 0 atom stereocenters. The van der Waals surface area contributed by atoms with Gasteiger partial charge in [-0.1, -0.05) is 0 Å². The van der Waals surface area contributed by atoms with Crippen molar-refractivity contribution in [3.05, 3.63) is 0 Å². The van der Waals surface area contributed by atoms with E-state index in [2.05, 4.69) is 9.47 Å². The fourth-order valence-electron chi connectivity index (χ4n) is 0.260. The quantitative estimate of drug-likeness (QED) is 0.116. The van der Waals surface area contributed by atoms with E-state index in [1.54, 1.807) is 0 Å². The van der Waals surface area contributed by atoms with Gasteiger partial charge >= 0.3 is 89.1 Å². The SMILES string of the molecule is O.O.O=C(OC(=O)C(=O)O)OC(=O)C(=O)O.[Dy].[Dy].[NaH].[NaH]. The molecule has 0 saturated heterocycles. The minimum absolute atomic E-state index is 0. The third kappa shape index (κ3) is 22.3. The molecular formula is C5H8Dy2Na2O11. The van der Waals surface area contributed by atoms with E-state index in [1.165, 1.54) is 0 Å². The summed E-state index contributed by atoms with van der Waals surface area (Å²) in [6.45, 7) is 0. The van der Waals surface area contributed by atoms with Crippen LogP contribution in [0.2, 0.25) is 0 Å². The molecule has 0 spiro atoms. The maximum atomic E-state index is 10.3. The Labute approximate surface area is 216 Å². The van der Waals surface area contributed by atoms with Gasteiger partial charge in [-0.3, -0.25) is 0 Å². The maximum absolute atomic E-state index is 10.3. The molecule has 0 aliphatic heterocycles. The van der Waals surface area contributed by atoms with Crippen LogP contribution in [-0.4, -0.2) is 110 Å². The van der Waals surface area contributed by atoms with Crippen molar-refractivity contribution in [2.24, 2.45) is 0 Å². The zero-order valence-corrected chi connectivity index (χ0v) is 11.9. The van der Waals surface area contributed by atoms with E-state index in [0.29, 0.717) is 0 Å². The fraction of sp³-hybridized carbons (Fsp3) is 0. The topological polar surface area (TPSA) is 207 Å². The molecule has 0 aliphatic carbocycles. The van der Waals surface area contributed by atoms with Crippen molar-refractivity contribution < 1.29 is 131 Å². The molecule has 0 radical (unpaired) electrons. The van der Waals surface area contributed by atoms with Gasteiger partial charge in [0.15, 0.2) is 0 Å². The van der Waals surface area contributed by atoms with Crippen LogP contribution in [0.25, 0.3) is 0 Å². The van der Waals surface area contributed by atoms with Crippen LogP contribution in [0.1, 0.15) is 0 Å². The van der Waals surface area contributed by atoms with Crippen molar-refractivity contribution in [1.82, 2.24) is 0 Å². The molecule has 0 fully saturated rings. The molecule has 0 saturated carbocycles. The second-order valence-corrected chi connectivity index (χ2v) is 1.64. The molecule has 116 valence electrons. The van der Waals surface area contributed by atoms with Crippen LogP contribution >= 0.6 is 0 Å². The zero-order valence-electron chi connectivity index (χ0n) is 7.88. The molecule has 0 unspecified atom stereocenters. The van der Waals surface area contributed by atoms with E-state index < -0.39 is 30.0 Å². The predicted molar refractivity (Wildman–Crippen MR) is 54.4 cm³/mol. The van der Waals surface area contributed by atoms with Crippen LogP contribution in [0, 0.1) is 76.3 Å². The summed E-state index contributed by atoms with van der Waals surface area (Å²) in [6, 6.07) is 0. The number of esters is 2. The van der Waals surface area contributed by atoms with Crippen LogP contribution in [0.5, 0.6) is 0 Å². The molecule has 0 aliphatic rings. The van der Waals surface area contributed by atoms with Crippen molar-refractivity contribution in [3.8, 4) is 0 Å². The van der Waals surface area contributed by atoms with Crippen LogP contribution in [0.15, 0.2) is 0 Å². The van der Waals surface area contributed by atoms with Gasteiger partial charge in [0, 0.05) is 76.3 Å². The van der Waals surface area contributed by atoms with Crippen LogP contribution in [-0.2, 0) is 28.7 Å². The van der Waals surface area contributed by atoms with E-state index in [1.807, 2.05) is 0 Å². The summed E-state index contributed by atoms with van der Waals surface area (Å²) >= 11 is 0. The molecule has 0 aromatic rings. The number of carboxylic acid groups (broad SMARTS) is 2. The number of aliphatic carboxylic acids is 2. The zero-order chi connectivity index (χ0) is 11.3. The number of carbonyl (C=O) groups excluding carboxylic acids is 3. The average Bonchev–Trinajstić information content (AvgIpc) is 2.03. The first-order valence-electron chi connectivity index (χ1n) is 2.78. The Bertz CT molecular complexity index is 303. The number of carbonyl (C=O) groups is 5. The number of rotatable bonds is 0. The van der Waals surface area contributed by atoms with Crippen LogP contribution in [0.4, 0.5) is 4.79 Å². The molecule has 6 N–H and O–H groups in total. The molecule has 0 aromatic heterocycles. The molecular weight excluding hydrogens is 607 g/mol. The van der Waals surface area contributed by atoms with E-state index in [9.17, 15) is 24.0 Å². The first-order chi connectivity index (χ1) is 6.34. The number of ether oxygens (including phenoxy) is 2. The summed E-state index contributed by atoms with van der Waals surface area (Å²) in [5, 5.41) is 15.8. The van der Waals surface area contributed by atoms with Crippen molar-refractivity contribution in [1.29, 1.82) is 0 Å². The fourth-order valence-corrected chi connectivity index (χ4v) is 0.260. The third-order valence-corrected chi connectivity index (χ3v) is 0.701. The molecule has 0 bridgehead atoms. The molecule has 0 rings (SSSR count). The normalized spacial score (nSPS) is 6.00. The Balaban J connectivity index is -0.0000000563. The first kappa shape index (κ1) is 43.1. The monoisotopic (exact) mass is 618 g/mol. The molecule has 0 aromatic carbocycles. The summed E-state index contributed by atoms with van der Waals surface area (Å²) in [4.78, 5) is 50.0. The van der Waals surface area contributed by atoms with Crippen LogP contribution < -0.4 is 0 Å². The Morgan fingerprint density at radius 1 is 0.650 bits per heavy atom. The van der Waals surface area contributed by atoms with Gasteiger partial charge in [-0.25, -0.2) is 24.0 Å². The minimum atomic E-state index is -2.09. The number of hydrogen-bond acceptors (Lipinski definition) is 7. The molecule has 0 amide bonds. The summed E-state index contributed by atoms with van der Waals surface area (Å²) in [7, 11) is 0. The number of hydrogen-bond donors (Lipinski definition) is 2. The van der Waals surface area contributed by atoms with Gasteiger partial charge in [-0.05, 0) is 0 Å². The van der Waals surface area contributed by atoms with E-state index in [4.69, 9.17) is 10.2 Å². The molecule has 11 nitrogen and oxygen atoms in total. The van der Waals surface area contributed by atoms with Gasteiger partial charge in [-0.15, -0.1) is 0 Å². The standard InChI is InChI=1S/C5H2O9.2Dy.2Na.2H2O.2H/c6-1(7)3(10)13-5(12)14-4(11)2(8)9;;;;;;;;/h(H,6,7)(H,8,9);;;;;2*1H2;;. The Hall–Kier alpha value is 2.02. The third-order valence-electron chi connectivity index (χ3n) is 0.701. The first-order valence-corrected chi connectivity index (χ1v) is 2.78. The Morgan fingerprint density at radius 2 is 0.850 bits per heavy atom. The Kier molecular flexibility index (Phi) is 50.2. The van der Waals surface area contributed by atoms with Gasteiger partial charge in [-0.2, -0.15) is 0 Å². The van der Waals surface area contributed by atoms with Gasteiger partial charge in [0.05, 0.1) is 0 Å². The van der Waals surface area contributed by atoms with E-state index >= 15 is 0 Å². The molecule has 15 heteroatoms. The van der Waals surface area contributed by atoms with Gasteiger partial charge in [0.2, 0.25) is 0 Å². The Morgan fingerprint density at radius 3 is 1.00 bits per heavy atom. The molecule has 20 heavy (non-hydrogen) atoms.